The second-order valence-electron chi connectivity index (χ2n) is 8.26. The van der Waals surface area contributed by atoms with Crippen molar-refractivity contribution in [3.8, 4) is 5.75 Å². The molecule has 3 aromatic rings. The zero-order valence-electron chi connectivity index (χ0n) is 19.1. The molecule has 0 bridgehead atoms. The maximum absolute atomic E-state index is 13.4. The Morgan fingerprint density at radius 1 is 1.21 bits per heavy atom. The minimum atomic E-state index is -0.232. The number of fused-ring (bicyclic) bond motifs is 1. The number of hydrogen-bond donors (Lipinski definition) is 3. The number of nitrogens with one attached hydrogen (secondary N) is 3. The number of nitrogens with zero attached hydrogens (tertiary/aromatic N) is 1. The molecule has 33 heavy (non-hydrogen) atoms. The molecular weight excluding hydrogens is 534 g/mol. The number of ether oxygens (including phenoxy) is 2. The van der Waals surface area contributed by atoms with Crippen molar-refractivity contribution in [1.82, 2.24) is 15.6 Å². The van der Waals surface area contributed by atoms with Gasteiger partial charge in [0, 0.05) is 55.3 Å². The monoisotopic (exact) mass is 566 g/mol. The van der Waals surface area contributed by atoms with E-state index in [2.05, 4.69) is 45.7 Å². The Morgan fingerprint density at radius 3 is 2.88 bits per heavy atom. The van der Waals surface area contributed by atoms with E-state index >= 15 is 0 Å². The number of aryl methyl sites for hydroxylation is 1. The van der Waals surface area contributed by atoms with Crippen LogP contribution in [-0.2, 0) is 17.7 Å². The van der Waals surface area contributed by atoms with Gasteiger partial charge in [-0.3, -0.25) is 4.99 Å². The lowest BCUT2D eigenvalue weighted by Crippen LogP contribution is -2.37. The summed E-state index contributed by atoms with van der Waals surface area (Å²) in [4.78, 5) is 7.47. The van der Waals surface area contributed by atoms with E-state index in [4.69, 9.17) is 9.47 Å². The van der Waals surface area contributed by atoms with Crippen LogP contribution in [0.3, 0.4) is 0 Å². The van der Waals surface area contributed by atoms with Gasteiger partial charge in [-0.15, -0.1) is 24.0 Å². The van der Waals surface area contributed by atoms with Crippen LogP contribution in [0.1, 0.15) is 23.1 Å². The van der Waals surface area contributed by atoms with E-state index in [1.807, 2.05) is 12.3 Å². The van der Waals surface area contributed by atoms with Crippen LogP contribution < -0.4 is 15.4 Å². The van der Waals surface area contributed by atoms with Crippen molar-refractivity contribution in [1.29, 1.82) is 0 Å². The summed E-state index contributed by atoms with van der Waals surface area (Å²) in [5.74, 6) is 1.87. The Balaban J connectivity index is 0.00000306. The zero-order chi connectivity index (χ0) is 22.3. The SMILES string of the molecule is CN=C(NCCc1c[nH]c2cc(F)ccc12)NCc1ccc(C)cc1OCC1CCOC1.I. The van der Waals surface area contributed by atoms with Crippen LogP contribution in [0.4, 0.5) is 4.39 Å². The largest absolute Gasteiger partial charge is 0.493 e. The van der Waals surface area contributed by atoms with Crippen LogP contribution in [0.2, 0.25) is 0 Å². The highest BCUT2D eigenvalue weighted by molar-refractivity contribution is 14.0. The van der Waals surface area contributed by atoms with Crippen molar-refractivity contribution in [2.75, 3.05) is 33.4 Å². The van der Waals surface area contributed by atoms with E-state index in [0.29, 0.717) is 25.6 Å². The number of hydrogen-bond acceptors (Lipinski definition) is 3. The topological polar surface area (TPSA) is 70.7 Å². The predicted molar refractivity (Wildman–Crippen MR) is 141 cm³/mol. The Bertz CT molecular complexity index is 1080. The van der Waals surface area contributed by atoms with E-state index < -0.39 is 0 Å². The van der Waals surface area contributed by atoms with Crippen LogP contribution in [-0.4, -0.2) is 44.4 Å². The molecule has 1 saturated heterocycles. The van der Waals surface area contributed by atoms with Gasteiger partial charge in [0.25, 0.3) is 0 Å². The summed E-state index contributed by atoms with van der Waals surface area (Å²) in [6.07, 6.45) is 3.79. The molecule has 1 atom stereocenters. The van der Waals surface area contributed by atoms with Crippen LogP contribution >= 0.6 is 24.0 Å². The summed E-state index contributed by atoms with van der Waals surface area (Å²) >= 11 is 0. The van der Waals surface area contributed by atoms with Gasteiger partial charge in [-0.05, 0) is 55.2 Å². The third kappa shape index (κ3) is 6.83. The Kier molecular flexibility index (Phi) is 9.37. The lowest BCUT2D eigenvalue weighted by atomic mass is 10.1. The van der Waals surface area contributed by atoms with Crippen molar-refractivity contribution >= 4 is 40.8 Å². The van der Waals surface area contributed by atoms with E-state index in [-0.39, 0.29) is 29.8 Å². The van der Waals surface area contributed by atoms with Crippen molar-refractivity contribution in [3.05, 3.63) is 65.1 Å². The van der Waals surface area contributed by atoms with E-state index in [0.717, 1.165) is 59.8 Å². The van der Waals surface area contributed by atoms with Gasteiger partial charge >= 0.3 is 0 Å². The Hall–Kier alpha value is -2.33. The standard InChI is InChI=1S/C25H31FN4O2.HI/c1-17-3-4-20(24(11-17)32-16-18-8-10-31-15-18)14-30-25(27-2)28-9-7-19-13-29-23-12-21(26)5-6-22(19)23;/h3-6,11-13,18,29H,7-10,14-16H2,1-2H3,(H2,27,28,30);1H. The Morgan fingerprint density at radius 2 is 2.09 bits per heavy atom. The molecule has 1 fully saturated rings. The van der Waals surface area contributed by atoms with Crippen LogP contribution in [0.5, 0.6) is 5.75 Å². The van der Waals surface area contributed by atoms with Crippen molar-refractivity contribution < 1.29 is 13.9 Å². The van der Waals surface area contributed by atoms with Gasteiger partial charge in [0.05, 0.1) is 13.2 Å². The number of aromatic amines is 1. The third-order valence-corrected chi connectivity index (χ3v) is 5.81. The molecule has 6 nitrogen and oxygen atoms in total. The lowest BCUT2D eigenvalue weighted by molar-refractivity contribution is 0.166. The van der Waals surface area contributed by atoms with Gasteiger partial charge in [0.1, 0.15) is 11.6 Å². The molecule has 178 valence electrons. The average molecular weight is 566 g/mol. The Labute approximate surface area is 211 Å². The highest BCUT2D eigenvalue weighted by Gasteiger charge is 2.17. The number of benzene rings is 2. The van der Waals surface area contributed by atoms with Gasteiger partial charge in [-0.25, -0.2) is 4.39 Å². The predicted octanol–water partition coefficient (Wildman–Crippen LogP) is 4.56. The second-order valence-corrected chi connectivity index (χ2v) is 8.26. The highest BCUT2D eigenvalue weighted by Crippen LogP contribution is 2.23. The number of halogens is 2. The molecule has 0 amide bonds. The summed E-state index contributed by atoms with van der Waals surface area (Å²) in [5.41, 5.74) is 4.23. The maximum Gasteiger partial charge on any atom is 0.191 e. The van der Waals surface area contributed by atoms with E-state index in [9.17, 15) is 4.39 Å². The number of aromatic nitrogens is 1. The van der Waals surface area contributed by atoms with Crippen molar-refractivity contribution in [2.45, 2.75) is 26.3 Å². The molecule has 0 spiro atoms. The molecule has 2 heterocycles. The number of aliphatic imine (C=N–C) groups is 1. The lowest BCUT2D eigenvalue weighted by Gasteiger charge is -2.17. The molecule has 0 saturated carbocycles. The molecule has 4 rings (SSSR count). The smallest absolute Gasteiger partial charge is 0.191 e. The molecule has 1 unspecified atom stereocenters. The summed E-state index contributed by atoms with van der Waals surface area (Å²) in [5, 5.41) is 7.78. The first-order chi connectivity index (χ1) is 15.6. The highest BCUT2D eigenvalue weighted by atomic mass is 127. The van der Waals surface area contributed by atoms with Crippen molar-refractivity contribution in [3.63, 3.8) is 0 Å². The van der Waals surface area contributed by atoms with Gasteiger partial charge < -0.3 is 25.1 Å². The molecule has 1 aliphatic heterocycles. The first kappa shape index (κ1) is 25.3. The van der Waals surface area contributed by atoms with Gasteiger partial charge in [-0.2, -0.15) is 0 Å². The molecule has 1 aromatic heterocycles. The summed E-state index contributed by atoms with van der Waals surface area (Å²) in [7, 11) is 1.76. The maximum atomic E-state index is 13.4. The fourth-order valence-corrected chi connectivity index (χ4v) is 3.95. The van der Waals surface area contributed by atoms with Crippen LogP contribution in [0.15, 0.2) is 47.6 Å². The van der Waals surface area contributed by atoms with Gasteiger partial charge in [0.2, 0.25) is 0 Å². The third-order valence-electron chi connectivity index (χ3n) is 5.81. The fraction of sp³-hybridized carbons (Fsp3) is 0.400. The molecule has 0 radical (unpaired) electrons. The van der Waals surface area contributed by atoms with Crippen LogP contribution in [0.25, 0.3) is 10.9 Å². The van der Waals surface area contributed by atoms with E-state index in [1.54, 1.807) is 7.05 Å². The molecule has 1 aliphatic rings. The fourth-order valence-electron chi connectivity index (χ4n) is 3.95. The normalized spacial score (nSPS) is 16.0. The first-order valence-electron chi connectivity index (χ1n) is 11.1. The summed E-state index contributed by atoms with van der Waals surface area (Å²) < 4.78 is 25.0. The number of H-pyrrole nitrogens is 1. The number of rotatable bonds is 8. The molecule has 0 aliphatic carbocycles. The minimum absolute atomic E-state index is 0. The average Bonchev–Trinajstić information content (AvgIpc) is 3.45. The molecular formula is C25H32FIN4O2. The van der Waals surface area contributed by atoms with Crippen LogP contribution in [0, 0.1) is 18.7 Å². The first-order valence-corrected chi connectivity index (χ1v) is 11.1. The van der Waals surface area contributed by atoms with Crippen molar-refractivity contribution in [2.24, 2.45) is 10.9 Å². The quantitative estimate of drug-likeness (QED) is 0.213. The summed E-state index contributed by atoms with van der Waals surface area (Å²) in [6, 6.07) is 11.1. The zero-order valence-corrected chi connectivity index (χ0v) is 21.4. The van der Waals surface area contributed by atoms with Gasteiger partial charge in [0.15, 0.2) is 5.96 Å². The minimum Gasteiger partial charge on any atom is -0.493 e. The molecule has 2 aromatic carbocycles. The molecule has 8 heteroatoms. The van der Waals surface area contributed by atoms with E-state index in [1.165, 1.54) is 17.7 Å². The summed E-state index contributed by atoms with van der Waals surface area (Å²) in [6.45, 7) is 5.68. The second kappa shape index (κ2) is 12.2. The molecule has 3 N–H and O–H groups in total. The van der Waals surface area contributed by atoms with Gasteiger partial charge in [-0.1, -0.05) is 12.1 Å². The number of guanidine groups is 1.